The van der Waals surface area contributed by atoms with Gasteiger partial charge in [-0.25, -0.2) is 13.4 Å². The molecule has 1 aliphatic heterocycles. The summed E-state index contributed by atoms with van der Waals surface area (Å²) in [5.74, 6) is 0.717. The minimum absolute atomic E-state index is 0.0504. The van der Waals surface area contributed by atoms with Crippen LogP contribution in [-0.2, 0) is 24.1 Å². The molecular formula is C26H34N2O4S. The molecule has 0 radical (unpaired) electrons. The lowest BCUT2D eigenvalue weighted by Crippen LogP contribution is -2.50. The average Bonchev–Trinajstić information content (AvgIpc) is 2.73. The van der Waals surface area contributed by atoms with Crippen LogP contribution >= 0.6 is 0 Å². The number of sulfone groups is 1. The van der Waals surface area contributed by atoms with E-state index in [9.17, 15) is 13.2 Å². The molecule has 0 atom stereocenters. The molecule has 2 fully saturated rings. The molecular weight excluding hydrogens is 436 g/mol. The molecule has 2 aliphatic rings. The quantitative estimate of drug-likeness (QED) is 0.627. The van der Waals surface area contributed by atoms with Crippen molar-refractivity contribution in [3.8, 4) is 0 Å². The Hall–Kier alpha value is -2.25. The van der Waals surface area contributed by atoms with Crippen LogP contribution in [0.3, 0.4) is 0 Å². The van der Waals surface area contributed by atoms with E-state index < -0.39 is 20.1 Å². The van der Waals surface area contributed by atoms with Gasteiger partial charge in [0.15, 0.2) is 9.84 Å². The molecule has 33 heavy (non-hydrogen) atoms. The third kappa shape index (κ3) is 4.33. The van der Waals surface area contributed by atoms with Crippen LogP contribution in [0.2, 0.25) is 0 Å². The van der Waals surface area contributed by atoms with Gasteiger partial charge in [0.1, 0.15) is 10.6 Å². The summed E-state index contributed by atoms with van der Waals surface area (Å²) in [5.41, 5.74) is 1.24. The molecule has 0 unspecified atom stereocenters. The Morgan fingerprint density at radius 2 is 1.70 bits per heavy atom. The van der Waals surface area contributed by atoms with Crippen molar-refractivity contribution < 1.29 is 17.9 Å². The van der Waals surface area contributed by atoms with E-state index in [2.05, 4.69) is 4.98 Å². The van der Waals surface area contributed by atoms with Crippen molar-refractivity contribution in [1.82, 2.24) is 4.98 Å². The van der Waals surface area contributed by atoms with E-state index >= 15 is 0 Å². The fourth-order valence-electron chi connectivity index (χ4n) is 4.77. The summed E-state index contributed by atoms with van der Waals surface area (Å²) in [7, 11) is -3.68. The Kier molecular flexibility index (Phi) is 6.40. The molecule has 1 aromatic heterocycles. The van der Waals surface area contributed by atoms with E-state index in [0.717, 1.165) is 24.8 Å². The normalized spacial score (nSPS) is 19.0. The zero-order valence-electron chi connectivity index (χ0n) is 20.0. The number of aromatic nitrogens is 1. The Labute approximate surface area is 197 Å². The van der Waals surface area contributed by atoms with Crippen molar-refractivity contribution in [2.24, 2.45) is 5.92 Å². The molecule has 1 aliphatic carbocycles. The lowest BCUT2D eigenvalue weighted by molar-refractivity contribution is -0.125. The number of hydrogen-bond donors (Lipinski definition) is 0. The number of carbonyl (C=O) groups excluding carboxylic acids is 1. The highest BCUT2D eigenvalue weighted by Gasteiger charge is 2.48. The van der Waals surface area contributed by atoms with Crippen LogP contribution in [-0.4, -0.2) is 38.1 Å². The van der Waals surface area contributed by atoms with E-state index in [-0.39, 0.29) is 11.8 Å². The number of amides is 1. The van der Waals surface area contributed by atoms with Gasteiger partial charge < -0.3 is 4.74 Å². The smallest absolute Gasteiger partial charge is 0.231 e. The number of carbonyl (C=O) groups is 1. The minimum atomic E-state index is -3.68. The van der Waals surface area contributed by atoms with E-state index in [1.165, 1.54) is 0 Å². The summed E-state index contributed by atoms with van der Waals surface area (Å²) < 4.78 is 32.2. The minimum Gasteiger partial charge on any atom is -0.381 e. The maximum Gasteiger partial charge on any atom is 0.231 e. The van der Waals surface area contributed by atoms with Gasteiger partial charge in [-0.05, 0) is 77.1 Å². The van der Waals surface area contributed by atoms with Gasteiger partial charge in [0.05, 0.1) is 4.90 Å². The first-order valence-corrected chi connectivity index (χ1v) is 13.2. The van der Waals surface area contributed by atoms with Gasteiger partial charge >= 0.3 is 0 Å². The SMILES string of the molecule is Cc1ccc(S(=O)(=O)C2(c3ccc(N(C(=O)C4CCC4)C(C)(C)C)nc3)CCOCC2)cc1. The number of ether oxygens (including phenoxy) is 1. The Morgan fingerprint density at radius 1 is 1.06 bits per heavy atom. The van der Waals surface area contributed by atoms with Gasteiger partial charge in [-0.1, -0.05) is 30.2 Å². The van der Waals surface area contributed by atoms with Crippen LogP contribution in [0.25, 0.3) is 0 Å². The number of benzene rings is 1. The monoisotopic (exact) mass is 470 g/mol. The lowest BCUT2D eigenvalue weighted by Gasteiger charge is -2.40. The molecule has 0 bridgehead atoms. The largest absolute Gasteiger partial charge is 0.381 e. The van der Waals surface area contributed by atoms with Crippen LogP contribution in [0.4, 0.5) is 5.82 Å². The van der Waals surface area contributed by atoms with Crippen molar-refractivity contribution in [1.29, 1.82) is 0 Å². The Balaban J connectivity index is 1.74. The zero-order chi connectivity index (χ0) is 23.9. The van der Waals surface area contributed by atoms with Gasteiger partial charge in [-0.2, -0.15) is 0 Å². The lowest BCUT2D eigenvalue weighted by atomic mass is 9.83. The van der Waals surface area contributed by atoms with E-state index in [1.54, 1.807) is 29.3 Å². The fourth-order valence-corrected chi connectivity index (χ4v) is 6.85. The van der Waals surface area contributed by atoms with Crippen molar-refractivity contribution in [3.63, 3.8) is 0 Å². The standard InChI is InChI=1S/C26H34N2O4S/c1-19-8-11-22(12-9-19)33(30,31)26(14-16-32-17-15-26)21-10-13-23(27-18-21)28(25(2,3)4)24(29)20-6-5-7-20/h8-13,18,20H,5-7,14-17H2,1-4H3. The highest BCUT2D eigenvalue weighted by atomic mass is 32.2. The van der Waals surface area contributed by atoms with Gasteiger partial charge in [0.25, 0.3) is 0 Å². The van der Waals surface area contributed by atoms with Crippen molar-refractivity contribution >= 4 is 21.6 Å². The summed E-state index contributed by atoms with van der Waals surface area (Å²) in [6.45, 7) is 8.69. The molecule has 2 aromatic rings. The van der Waals surface area contributed by atoms with E-state index in [0.29, 0.717) is 42.3 Å². The predicted octanol–water partition coefficient (Wildman–Crippen LogP) is 4.80. The summed E-state index contributed by atoms with van der Waals surface area (Å²) in [6, 6.07) is 10.7. The first-order valence-electron chi connectivity index (χ1n) is 11.8. The second kappa shape index (κ2) is 8.84. The first-order chi connectivity index (χ1) is 15.6. The molecule has 178 valence electrons. The van der Waals surface area contributed by atoms with Crippen molar-refractivity contribution in [2.75, 3.05) is 18.1 Å². The average molecular weight is 471 g/mol. The zero-order valence-corrected chi connectivity index (χ0v) is 20.8. The van der Waals surface area contributed by atoms with Crippen LogP contribution in [0.1, 0.15) is 64.0 Å². The van der Waals surface area contributed by atoms with Gasteiger partial charge in [0.2, 0.25) is 5.91 Å². The second-order valence-corrected chi connectivity index (χ2v) is 12.6. The molecule has 2 heterocycles. The third-order valence-electron chi connectivity index (χ3n) is 6.99. The molecule has 6 nitrogen and oxygen atoms in total. The highest BCUT2D eigenvalue weighted by molar-refractivity contribution is 7.92. The van der Waals surface area contributed by atoms with Gasteiger partial charge in [0, 0.05) is 30.9 Å². The Bertz CT molecular complexity index is 1090. The summed E-state index contributed by atoms with van der Waals surface area (Å²) in [4.78, 5) is 19.9. The number of rotatable bonds is 5. The van der Waals surface area contributed by atoms with E-state index in [1.807, 2.05) is 45.9 Å². The fraction of sp³-hybridized carbons (Fsp3) is 0.538. The van der Waals surface area contributed by atoms with E-state index in [4.69, 9.17) is 4.74 Å². The number of anilines is 1. The molecule has 1 amide bonds. The van der Waals surface area contributed by atoms with Crippen molar-refractivity contribution in [2.45, 2.75) is 75.0 Å². The molecule has 7 heteroatoms. The van der Waals surface area contributed by atoms with Crippen LogP contribution < -0.4 is 4.90 Å². The topological polar surface area (TPSA) is 76.6 Å². The Morgan fingerprint density at radius 3 is 2.18 bits per heavy atom. The van der Waals surface area contributed by atoms with Gasteiger partial charge in [-0.15, -0.1) is 0 Å². The molecule has 0 N–H and O–H groups in total. The van der Waals surface area contributed by atoms with Crippen LogP contribution in [0.15, 0.2) is 47.5 Å². The molecule has 1 saturated carbocycles. The van der Waals surface area contributed by atoms with Crippen molar-refractivity contribution in [3.05, 3.63) is 53.7 Å². The summed E-state index contributed by atoms with van der Waals surface area (Å²) in [5, 5.41) is 0. The number of pyridine rings is 1. The third-order valence-corrected chi connectivity index (χ3v) is 9.56. The van der Waals surface area contributed by atoms with Crippen LogP contribution in [0, 0.1) is 12.8 Å². The number of nitrogens with zero attached hydrogens (tertiary/aromatic N) is 2. The molecule has 1 saturated heterocycles. The maximum atomic E-state index is 13.9. The highest BCUT2D eigenvalue weighted by Crippen LogP contribution is 2.44. The van der Waals surface area contributed by atoms with Gasteiger partial charge in [-0.3, -0.25) is 9.69 Å². The van der Waals surface area contributed by atoms with Crippen LogP contribution in [0.5, 0.6) is 0 Å². The molecule has 0 spiro atoms. The summed E-state index contributed by atoms with van der Waals surface area (Å²) >= 11 is 0. The maximum absolute atomic E-state index is 13.9. The number of aryl methyl sites for hydroxylation is 1. The molecule has 1 aromatic carbocycles. The summed E-state index contributed by atoms with van der Waals surface area (Å²) in [6.07, 6.45) is 5.31. The predicted molar refractivity (Wildman–Crippen MR) is 129 cm³/mol. The molecule has 4 rings (SSSR count). The number of hydrogen-bond acceptors (Lipinski definition) is 5. The second-order valence-electron chi connectivity index (χ2n) is 10.3. The first kappa shape index (κ1) is 23.9.